The Balaban J connectivity index is 3.48. The van der Waals surface area contributed by atoms with E-state index in [-0.39, 0.29) is 5.97 Å². The minimum atomic E-state index is -0.242. The zero-order valence-corrected chi connectivity index (χ0v) is 7.46. The summed E-state index contributed by atoms with van der Waals surface area (Å²) in [6.45, 7) is 6.46. The van der Waals surface area contributed by atoms with E-state index < -0.39 is 0 Å². The summed E-state index contributed by atoms with van der Waals surface area (Å²) in [5, 5.41) is 0. The van der Waals surface area contributed by atoms with Gasteiger partial charge in [-0.15, -0.1) is 0 Å². The number of esters is 1. The molecule has 2 nitrogen and oxygen atoms in total. The van der Waals surface area contributed by atoms with Gasteiger partial charge in [-0.3, -0.25) is 0 Å². The second kappa shape index (κ2) is 5.96. The summed E-state index contributed by atoms with van der Waals surface area (Å²) in [6.07, 6.45) is 4.27. The molecular formula is C9H16O2. The van der Waals surface area contributed by atoms with E-state index in [1.165, 1.54) is 6.08 Å². The molecule has 0 saturated heterocycles. The zero-order valence-electron chi connectivity index (χ0n) is 7.46. The van der Waals surface area contributed by atoms with E-state index in [0.29, 0.717) is 12.5 Å². The molecule has 0 aromatic rings. The Morgan fingerprint density at radius 2 is 2.18 bits per heavy atom. The van der Waals surface area contributed by atoms with Crippen molar-refractivity contribution >= 4 is 5.97 Å². The molecule has 0 aliphatic carbocycles. The van der Waals surface area contributed by atoms with E-state index in [9.17, 15) is 4.79 Å². The van der Waals surface area contributed by atoms with E-state index in [1.807, 2.05) is 6.08 Å². The zero-order chi connectivity index (χ0) is 8.69. The Labute approximate surface area is 68.2 Å². The van der Waals surface area contributed by atoms with Crippen LogP contribution in [-0.4, -0.2) is 12.6 Å². The average Bonchev–Trinajstić information content (AvgIpc) is 1.87. The van der Waals surface area contributed by atoms with Gasteiger partial charge >= 0.3 is 5.97 Å². The first-order valence-electron chi connectivity index (χ1n) is 4.00. The van der Waals surface area contributed by atoms with Gasteiger partial charge in [0.25, 0.3) is 0 Å². The summed E-state index contributed by atoms with van der Waals surface area (Å²) in [6, 6.07) is 0. The molecule has 0 aromatic heterocycles. The Kier molecular flexibility index (Phi) is 5.53. The summed E-state index contributed by atoms with van der Waals surface area (Å²) >= 11 is 0. The predicted octanol–water partition coefficient (Wildman–Crippen LogP) is 2.15. The van der Waals surface area contributed by atoms with Crippen LogP contribution in [-0.2, 0) is 9.53 Å². The number of hydrogen-bond acceptors (Lipinski definition) is 2. The van der Waals surface area contributed by atoms with Crippen molar-refractivity contribution in [3.63, 3.8) is 0 Å². The Bertz CT molecular complexity index is 136. The van der Waals surface area contributed by atoms with Crippen molar-refractivity contribution in [3.8, 4) is 0 Å². The molecule has 0 amide bonds. The number of ether oxygens (including phenoxy) is 1. The van der Waals surface area contributed by atoms with Crippen LogP contribution in [0.3, 0.4) is 0 Å². The van der Waals surface area contributed by atoms with Crippen molar-refractivity contribution in [2.45, 2.75) is 27.2 Å². The van der Waals surface area contributed by atoms with Gasteiger partial charge in [0.1, 0.15) is 0 Å². The van der Waals surface area contributed by atoms with Crippen molar-refractivity contribution in [1.82, 2.24) is 0 Å². The summed E-state index contributed by atoms with van der Waals surface area (Å²) < 4.78 is 4.70. The van der Waals surface area contributed by atoms with Crippen molar-refractivity contribution < 1.29 is 9.53 Å². The first kappa shape index (κ1) is 10.2. The third-order valence-corrected chi connectivity index (χ3v) is 1.15. The highest BCUT2D eigenvalue weighted by Crippen LogP contribution is 1.99. The molecule has 0 unspecified atom stereocenters. The van der Waals surface area contributed by atoms with E-state index in [0.717, 1.165) is 6.42 Å². The molecule has 0 atom stereocenters. The number of hydrogen-bond donors (Lipinski definition) is 0. The van der Waals surface area contributed by atoms with Gasteiger partial charge in [0.2, 0.25) is 0 Å². The Morgan fingerprint density at radius 3 is 2.64 bits per heavy atom. The van der Waals surface area contributed by atoms with E-state index >= 15 is 0 Å². The van der Waals surface area contributed by atoms with Crippen LogP contribution in [0.4, 0.5) is 0 Å². The van der Waals surface area contributed by atoms with Crippen molar-refractivity contribution in [1.29, 1.82) is 0 Å². The van der Waals surface area contributed by atoms with Crippen LogP contribution in [0, 0.1) is 5.92 Å². The van der Waals surface area contributed by atoms with Crippen molar-refractivity contribution in [2.75, 3.05) is 6.61 Å². The fraction of sp³-hybridized carbons (Fsp3) is 0.667. The molecule has 0 spiro atoms. The van der Waals surface area contributed by atoms with Gasteiger partial charge in [-0.25, -0.2) is 4.79 Å². The maximum absolute atomic E-state index is 10.7. The highest BCUT2D eigenvalue weighted by atomic mass is 16.5. The predicted molar refractivity (Wildman–Crippen MR) is 45.2 cm³/mol. The largest absolute Gasteiger partial charge is 0.463 e. The normalized spacial score (nSPS) is 10.9. The smallest absolute Gasteiger partial charge is 0.330 e. The molecule has 0 rings (SSSR count). The van der Waals surface area contributed by atoms with Crippen LogP contribution in [0.15, 0.2) is 12.2 Å². The summed E-state index contributed by atoms with van der Waals surface area (Å²) in [4.78, 5) is 10.7. The van der Waals surface area contributed by atoms with E-state index in [4.69, 9.17) is 4.74 Å². The topological polar surface area (TPSA) is 26.3 Å². The lowest BCUT2D eigenvalue weighted by Gasteiger charge is -1.97. The number of carbonyl (C=O) groups is 1. The maximum Gasteiger partial charge on any atom is 0.330 e. The number of rotatable bonds is 4. The van der Waals surface area contributed by atoms with Crippen LogP contribution in [0.2, 0.25) is 0 Å². The number of carbonyl (C=O) groups excluding carboxylic acids is 1. The second-order valence-corrected chi connectivity index (χ2v) is 2.78. The van der Waals surface area contributed by atoms with E-state index in [2.05, 4.69) is 13.8 Å². The van der Waals surface area contributed by atoms with Gasteiger partial charge in [-0.2, -0.15) is 0 Å². The molecule has 0 aliphatic heterocycles. The third-order valence-electron chi connectivity index (χ3n) is 1.15. The molecule has 0 saturated carbocycles. The van der Waals surface area contributed by atoms with Gasteiger partial charge in [0.15, 0.2) is 0 Å². The molecule has 0 aliphatic rings. The van der Waals surface area contributed by atoms with Gasteiger partial charge in [0, 0.05) is 6.08 Å². The monoisotopic (exact) mass is 156 g/mol. The summed E-state index contributed by atoms with van der Waals surface area (Å²) in [5.74, 6) is 0.355. The fourth-order valence-corrected chi connectivity index (χ4v) is 0.627. The molecule has 11 heavy (non-hydrogen) atoms. The highest BCUT2D eigenvalue weighted by molar-refractivity contribution is 5.81. The SMILES string of the molecule is CCOC(=O)/C=C\CC(C)C. The Morgan fingerprint density at radius 1 is 1.55 bits per heavy atom. The highest BCUT2D eigenvalue weighted by Gasteiger charge is 1.93. The standard InChI is InChI=1S/C9H16O2/c1-4-11-9(10)7-5-6-8(2)3/h5,7-8H,4,6H2,1-3H3/b7-5-. The number of allylic oxidation sites excluding steroid dienone is 1. The first-order valence-corrected chi connectivity index (χ1v) is 4.00. The van der Waals surface area contributed by atoms with Crippen LogP contribution < -0.4 is 0 Å². The molecule has 0 aromatic carbocycles. The molecular weight excluding hydrogens is 140 g/mol. The Hall–Kier alpha value is -0.790. The second-order valence-electron chi connectivity index (χ2n) is 2.78. The van der Waals surface area contributed by atoms with Crippen LogP contribution in [0.25, 0.3) is 0 Å². The van der Waals surface area contributed by atoms with Gasteiger partial charge < -0.3 is 4.74 Å². The third kappa shape index (κ3) is 7.10. The van der Waals surface area contributed by atoms with Crippen molar-refractivity contribution in [3.05, 3.63) is 12.2 Å². The van der Waals surface area contributed by atoms with Gasteiger partial charge in [0.05, 0.1) is 6.61 Å². The fourth-order valence-electron chi connectivity index (χ4n) is 0.627. The maximum atomic E-state index is 10.7. The van der Waals surface area contributed by atoms with Crippen LogP contribution in [0.1, 0.15) is 27.2 Å². The molecule has 64 valence electrons. The van der Waals surface area contributed by atoms with Crippen molar-refractivity contribution in [2.24, 2.45) is 5.92 Å². The summed E-state index contributed by atoms with van der Waals surface area (Å²) in [5.41, 5.74) is 0. The molecule has 0 radical (unpaired) electrons. The lowest BCUT2D eigenvalue weighted by molar-refractivity contribution is -0.137. The van der Waals surface area contributed by atoms with Crippen LogP contribution in [0.5, 0.6) is 0 Å². The van der Waals surface area contributed by atoms with E-state index in [1.54, 1.807) is 6.92 Å². The molecule has 2 heteroatoms. The lowest BCUT2D eigenvalue weighted by atomic mass is 10.1. The minimum absolute atomic E-state index is 0.242. The molecule has 0 bridgehead atoms. The molecule has 0 heterocycles. The lowest BCUT2D eigenvalue weighted by Crippen LogP contribution is -1.99. The van der Waals surface area contributed by atoms with Gasteiger partial charge in [-0.1, -0.05) is 19.9 Å². The van der Waals surface area contributed by atoms with Gasteiger partial charge in [-0.05, 0) is 19.3 Å². The molecule has 0 fully saturated rings. The first-order chi connectivity index (χ1) is 5.16. The quantitative estimate of drug-likeness (QED) is 0.460. The minimum Gasteiger partial charge on any atom is -0.463 e. The van der Waals surface area contributed by atoms with Crippen LogP contribution >= 0.6 is 0 Å². The molecule has 0 N–H and O–H groups in total. The summed E-state index contributed by atoms with van der Waals surface area (Å²) in [7, 11) is 0. The average molecular weight is 156 g/mol.